The molecule has 0 aliphatic carbocycles. The number of hydrogen-bond acceptors (Lipinski definition) is 5. The fraction of sp³-hybridized carbons (Fsp3) is 0.500. The summed E-state index contributed by atoms with van der Waals surface area (Å²) in [4.78, 5) is 27.4. The van der Waals surface area contributed by atoms with E-state index in [-0.39, 0.29) is 13.0 Å². The molecule has 2 amide bonds. The van der Waals surface area contributed by atoms with Crippen LogP contribution in [0, 0.1) is 13.8 Å². The molecule has 7 nitrogen and oxygen atoms in total. The molecule has 1 aromatic rings. The molecular weight excluding hydrogens is 258 g/mol. The largest absolute Gasteiger partial charge is 0.480 e. The van der Waals surface area contributed by atoms with E-state index in [1.165, 1.54) is 11.3 Å². The second kappa shape index (κ2) is 6.31. The quantitative estimate of drug-likeness (QED) is 0.631. The average molecular weight is 273 g/mol. The molecule has 0 bridgehead atoms. The van der Waals surface area contributed by atoms with E-state index in [4.69, 9.17) is 10.2 Å². The summed E-state index contributed by atoms with van der Waals surface area (Å²) in [7, 11) is 0. The predicted molar refractivity (Wildman–Crippen MR) is 66.9 cm³/mol. The monoisotopic (exact) mass is 273 g/mol. The first-order valence-electron chi connectivity index (χ1n) is 5.29. The summed E-state index contributed by atoms with van der Waals surface area (Å²) in [6.07, 6.45) is -0.0430. The Morgan fingerprint density at radius 1 is 1.44 bits per heavy atom. The maximum atomic E-state index is 11.5. The first kappa shape index (κ1) is 14.4. The molecule has 0 aromatic carbocycles. The molecule has 8 heteroatoms. The highest BCUT2D eigenvalue weighted by atomic mass is 32.1. The minimum atomic E-state index is -1.19. The Hall–Kier alpha value is -1.67. The highest BCUT2D eigenvalue weighted by Crippen LogP contribution is 2.20. The lowest BCUT2D eigenvalue weighted by atomic mass is 10.2. The Morgan fingerprint density at radius 2 is 2.11 bits per heavy atom. The van der Waals surface area contributed by atoms with Crippen molar-refractivity contribution < 1.29 is 19.8 Å². The maximum Gasteiger partial charge on any atom is 0.326 e. The Bertz CT molecular complexity index is 427. The number of rotatable bonds is 5. The van der Waals surface area contributed by atoms with E-state index in [2.05, 4.69) is 15.6 Å². The normalized spacial score (nSPS) is 11.9. The number of aromatic nitrogens is 1. The minimum Gasteiger partial charge on any atom is -0.480 e. The molecule has 0 saturated carbocycles. The molecule has 4 N–H and O–H groups in total. The highest BCUT2D eigenvalue weighted by molar-refractivity contribution is 7.15. The number of nitrogens with one attached hydrogen (secondary N) is 2. The number of thiazole rings is 1. The van der Waals surface area contributed by atoms with Crippen LogP contribution in [0.4, 0.5) is 9.93 Å². The first-order valence-corrected chi connectivity index (χ1v) is 6.11. The van der Waals surface area contributed by atoms with Crippen molar-refractivity contribution in [2.75, 3.05) is 11.9 Å². The summed E-state index contributed by atoms with van der Waals surface area (Å²) in [5.41, 5.74) is 0.820. The number of carboxylic acid groups (broad SMARTS) is 1. The number of hydrogen-bond donors (Lipinski definition) is 4. The van der Waals surface area contributed by atoms with Gasteiger partial charge in [-0.1, -0.05) is 0 Å². The summed E-state index contributed by atoms with van der Waals surface area (Å²) in [5.74, 6) is -1.19. The molecule has 0 aliphatic heterocycles. The number of aliphatic carboxylic acids is 1. The standard InChI is InChI=1S/C10H15N3O4S/c1-5-6(2)18-10(11-5)13-9(17)12-7(3-4-14)8(15)16/h7,14H,3-4H2,1-2H3,(H,15,16)(H2,11,12,13,17). The molecular formula is C10H15N3O4S. The number of urea groups is 1. The third kappa shape index (κ3) is 3.97. The molecule has 0 aliphatic rings. The topological polar surface area (TPSA) is 112 Å². The molecule has 0 fully saturated rings. The van der Waals surface area contributed by atoms with Crippen LogP contribution in [0.15, 0.2) is 0 Å². The predicted octanol–water partition coefficient (Wildman–Crippen LogP) is 0.717. The van der Waals surface area contributed by atoms with Gasteiger partial charge in [0.25, 0.3) is 0 Å². The van der Waals surface area contributed by atoms with Crippen LogP contribution in [0.25, 0.3) is 0 Å². The molecule has 1 rings (SSSR count). The second-order valence-corrected chi connectivity index (χ2v) is 4.87. The van der Waals surface area contributed by atoms with Crippen molar-refractivity contribution >= 4 is 28.5 Å². The zero-order valence-corrected chi connectivity index (χ0v) is 10.9. The van der Waals surface area contributed by atoms with Gasteiger partial charge < -0.3 is 15.5 Å². The van der Waals surface area contributed by atoms with Crippen LogP contribution in [0.2, 0.25) is 0 Å². The summed E-state index contributed by atoms with van der Waals surface area (Å²) in [6.45, 7) is 3.38. The fourth-order valence-corrected chi connectivity index (χ4v) is 2.01. The smallest absolute Gasteiger partial charge is 0.326 e. The Balaban J connectivity index is 2.57. The van der Waals surface area contributed by atoms with Gasteiger partial charge in [-0.15, -0.1) is 11.3 Å². The van der Waals surface area contributed by atoms with E-state index < -0.39 is 18.0 Å². The maximum absolute atomic E-state index is 11.5. The van der Waals surface area contributed by atoms with Crippen molar-refractivity contribution in [2.45, 2.75) is 26.3 Å². The number of carbonyl (C=O) groups is 2. The van der Waals surface area contributed by atoms with Crippen molar-refractivity contribution in [3.8, 4) is 0 Å². The number of aliphatic hydroxyl groups is 1. The van der Waals surface area contributed by atoms with Crippen molar-refractivity contribution in [3.63, 3.8) is 0 Å². The van der Waals surface area contributed by atoms with Crippen LogP contribution >= 0.6 is 11.3 Å². The molecule has 1 unspecified atom stereocenters. The van der Waals surface area contributed by atoms with Crippen molar-refractivity contribution in [1.82, 2.24) is 10.3 Å². The third-order valence-electron chi connectivity index (χ3n) is 2.27. The van der Waals surface area contributed by atoms with Crippen molar-refractivity contribution in [2.24, 2.45) is 0 Å². The lowest BCUT2D eigenvalue weighted by Crippen LogP contribution is -2.43. The third-order valence-corrected chi connectivity index (χ3v) is 3.26. The van der Waals surface area contributed by atoms with Crippen molar-refractivity contribution in [3.05, 3.63) is 10.6 Å². The van der Waals surface area contributed by atoms with Gasteiger partial charge in [-0.05, 0) is 13.8 Å². The lowest BCUT2D eigenvalue weighted by Gasteiger charge is -2.12. The molecule has 18 heavy (non-hydrogen) atoms. The summed E-state index contributed by atoms with van der Waals surface area (Å²) in [5, 5.41) is 22.6. The number of carboxylic acids is 1. The van der Waals surface area contributed by atoms with Gasteiger partial charge in [0.2, 0.25) is 0 Å². The van der Waals surface area contributed by atoms with E-state index in [0.717, 1.165) is 10.6 Å². The lowest BCUT2D eigenvalue weighted by molar-refractivity contribution is -0.139. The average Bonchev–Trinajstić information content (AvgIpc) is 2.57. The van der Waals surface area contributed by atoms with Gasteiger partial charge in [0.1, 0.15) is 6.04 Å². The summed E-state index contributed by atoms with van der Waals surface area (Å²) in [6, 6.07) is -1.76. The number of amides is 2. The molecule has 1 atom stereocenters. The molecule has 100 valence electrons. The molecule has 1 aromatic heterocycles. The Morgan fingerprint density at radius 3 is 2.56 bits per heavy atom. The van der Waals surface area contributed by atoms with Crippen LogP contribution in [-0.4, -0.2) is 39.8 Å². The highest BCUT2D eigenvalue weighted by Gasteiger charge is 2.19. The molecule has 0 radical (unpaired) electrons. The van der Waals surface area contributed by atoms with E-state index in [1.54, 1.807) is 0 Å². The van der Waals surface area contributed by atoms with Gasteiger partial charge in [0.15, 0.2) is 5.13 Å². The Kier molecular flexibility index (Phi) is 5.05. The van der Waals surface area contributed by atoms with E-state index in [9.17, 15) is 9.59 Å². The van der Waals surface area contributed by atoms with E-state index in [1.807, 2.05) is 13.8 Å². The van der Waals surface area contributed by atoms with Gasteiger partial charge in [0.05, 0.1) is 5.69 Å². The number of anilines is 1. The first-order chi connectivity index (χ1) is 8.43. The van der Waals surface area contributed by atoms with Gasteiger partial charge >= 0.3 is 12.0 Å². The SMILES string of the molecule is Cc1nc(NC(=O)NC(CCO)C(=O)O)sc1C. The van der Waals surface area contributed by atoms with Crippen LogP contribution < -0.4 is 10.6 Å². The number of aliphatic hydroxyl groups excluding tert-OH is 1. The number of aryl methyl sites for hydroxylation is 2. The number of nitrogens with zero attached hydrogens (tertiary/aromatic N) is 1. The van der Waals surface area contributed by atoms with Crippen LogP contribution in [0.1, 0.15) is 17.0 Å². The Labute approximate surface area is 108 Å². The van der Waals surface area contributed by atoms with Gasteiger partial charge in [-0.2, -0.15) is 0 Å². The zero-order chi connectivity index (χ0) is 13.7. The van der Waals surface area contributed by atoms with Gasteiger partial charge in [-0.3, -0.25) is 5.32 Å². The fourth-order valence-electron chi connectivity index (χ4n) is 1.20. The van der Waals surface area contributed by atoms with E-state index in [0.29, 0.717) is 5.13 Å². The van der Waals surface area contributed by atoms with Gasteiger partial charge in [0, 0.05) is 17.9 Å². The van der Waals surface area contributed by atoms with Crippen LogP contribution in [0.5, 0.6) is 0 Å². The van der Waals surface area contributed by atoms with Crippen LogP contribution in [0.3, 0.4) is 0 Å². The number of carbonyl (C=O) groups excluding carboxylic acids is 1. The summed E-state index contributed by atoms with van der Waals surface area (Å²) < 4.78 is 0. The van der Waals surface area contributed by atoms with Crippen LogP contribution in [-0.2, 0) is 4.79 Å². The van der Waals surface area contributed by atoms with E-state index >= 15 is 0 Å². The molecule has 1 heterocycles. The second-order valence-electron chi connectivity index (χ2n) is 3.66. The molecule has 0 spiro atoms. The molecule has 0 saturated heterocycles. The summed E-state index contributed by atoms with van der Waals surface area (Å²) >= 11 is 1.31. The zero-order valence-electron chi connectivity index (χ0n) is 10.1. The van der Waals surface area contributed by atoms with Gasteiger partial charge in [-0.25, -0.2) is 14.6 Å². The minimum absolute atomic E-state index is 0.0430. The van der Waals surface area contributed by atoms with Crippen molar-refractivity contribution in [1.29, 1.82) is 0 Å².